The highest BCUT2D eigenvalue weighted by Gasteiger charge is 2.33. The molecule has 3 rings (SSSR count). The molecule has 3 aromatic rings. The van der Waals surface area contributed by atoms with Gasteiger partial charge in [0.15, 0.2) is 0 Å². The van der Waals surface area contributed by atoms with Crippen molar-refractivity contribution in [3.63, 3.8) is 0 Å². The molecule has 39 heavy (non-hydrogen) atoms. The minimum atomic E-state index is -4.26. The first-order chi connectivity index (χ1) is 18.4. The van der Waals surface area contributed by atoms with Gasteiger partial charge in [0.2, 0.25) is 11.8 Å². The molecule has 0 fully saturated rings. The van der Waals surface area contributed by atoms with Gasteiger partial charge in [-0.2, -0.15) is 0 Å². The van der Waals surface area contributed by atoms with Gasteiger partial charge >= 0.3 is 0 Å². The van der Waals surface area contributed by atoms with Gasteiger partial charge in [-0.15, -0.1) is 0 Å². The number of hydrogen-bond acceptors (Lipinski definition) is 4. The molecule has 1 atom stereocenters. The minimum Gasteiger partial charge on any atom is -0.354 e. The van der Waals surface area contributed by atoms with E-state index in [4.69, 9.17) is 46.4 Å². The molecule has 0 radical (unpaired) electrons. The van der Waals surface area contributed by atoms with E-state index in [1.165, 1.54) is 35.2 Å². The van der Waals surface area contributed by atoms with Gasteiger partial charge in [0.1, 0.15) is 12.6 Å². The average molecular weight is 631 g/mol. The molecule has 3 aromatic carbocycles. The van der Waals surface area contributed by atoms with Gasteiger partial charge in [0, 0.05) is 18.1 Å². The summed E-state index contributed by atoms with van der Waals surface area (Å²) in [6.07, 6.45) is 0.704. The third-order valence-corrected chi connectivity index (χ3v) is 8.91. The number of hydrogen-bond donors (Lipinski definition) is 1. The molecule has 0 spiro atoms. The molecule has 208 valence electrons. The number of carbonyl (C=O) groups is 2. The lowest BCUT2D eigenvalue weighted by Crippen LogP contribution is -2.51. The normalized spacial score (nSPS) is 12.1. The van der Waals surface area contributed by atoms with Crippen LogP contribution < -0.4 is 9.62 Å². The molecule has 0 unspecified atom stereocenters. The zero-order valence-electron chi connectivity index (χ0n) is 21.2. The second-order valence-corrected chi connectivity index (χ2v) is 12.2. The molecule has 0 bridgehead atoms. The van der Waals surface area contributed by atoms with Gasteiger partial charge in [-0.1, -0.05) is 77.6 Å². The summed E-state index contributed by atoms with van der Waals surface area (Å²) in [5.74, 6) is -1.03. The van der Waals surface area contributed by atoms with Crippen LogP contribution in [0.25, 0.3) is 0 Å². The lowest BCUT2D eigenvalue weighted by Gasteiger charge is -2.32. The molecule has 0 heterocycles. The van der Waals surface area contributed by atoms with Crippen LogP contribution in [0.5, 0.6) is 0 Å². The van der Waals surface area contributed by atoms with Crippen LogP contribution in [0.1, 0.15) is 25.8 Å². The van der Waals surface area contributed by atoms with Crippen molar-refractivity contribution < 1.29 is 18.0 Å². The first-order valence-corrected chi connectivity index (χ1v) is 14.9. The fourth-order valence-corrected chi connectivity index (χ4v) is 5.93. The molecule has 0 saturated heterocycles. The molecule has 7 nitrogen and oxygen atoms in total. The SMILES string of the molecule is CCCNC(=O)[C@H](C)N(Cc1ccc(Cl)c(Cl)c1)C(=O)CN(c1cc(Cl)ccc1Cl)S(=O)(=O)c1ccccc1. The Morgan fingerprint density at radius 2 is 1.56 bits per heavy atom. The quantitative estimate of drug-likeness (QED) is 0.264. The molecule has 0 aliphatic carbocycles. The van der Waals surface area contributed by atoms with E-state index in [1.807, 2.05) is 6.92 Å². The third kappa shape index (κ3) is 7.80. The number of nitrogens with one attached hydrogen (secondary N) is 1. The summed E-state index contributed by atoms with van der Waals surface area (Å²) >= 11 is 24.8. The molecule has 1 N–H and O–H groups in total. The van der Waals surface area contributed by atoms with Crippen LogP contribution >= 0.6 is 46.4 Å². The van der Waals surface area contributed by atoms with Crippen molar-refractivity contribution >= 4 is 73.9 Å². The van der Waals surface area contributed by atoms with E-state index in [2.05, 4.69) is 5.32 Å². The summed E-state index contributed by atoms with van der Waals surface area (Å²) in [6.45, 7) is 3.22. The van der Waals surface area contributed by atoms with Crippen molar-refractivity contribution in [1.29, 1.82) is 0 Å². The van der Waals surface area contributed by atoms with Gasteiger partial charge in [0.05, 0.1) is 25.7 Å². The lowest BCUT2D eigenvalue weighted by molar-refractivity contribution is -0.139. The van der Waals surface area contributed by atoms with Crippen molar-refractivity contribution in [1.82, 2.24) is 10.2 Å². The van der Waals surface area contributed by atoms with E-state index in [-0.39, 0.29) is 38.1 Å². The summed E-state index contributed by atoms with van der Waals surface area (Å²) in [7, 11) is -4.26. The number of carbonyl (C=O) groups excluding carboxylic acids is 2. The monoisotopic (exact) mass is 629 g/mol. The van der Waals surface area contributed by atoms with Crippen molar-refractivity contribution in [2.24, 2.45) is 0 Å². The average Bonchev–Trinajstić information content (AvgIpc) is 2.92. The number of amides is 2. The zero-order valence-corrected chi connectivity index (χ0v) is 25.0. The molecular weight excluding hydrogens is 604 g/mol. The zero-order chi connectivity index (χ0) is 28.7. The Kier molecular flexibility index (Phi) is 10.9. The van der Waals surface area contributed by atoms with Crippen molar-refractivity contribution in [3.05, 3.63) is 92.4 Å². The van der Waals surface area contributed by atoms with Gasteiger partial charge in [-0.3, -0.25) is 13.9 Å². The summed E-state index contributed by atoms with van der Waals surface area (Å²) in [4.78, 5) is 28.0. The van der Waals surface area contributed by atoms with E-state index in [0.29, 0.717) is 23.6 Å². The van der Waals surface area contributed by atoms with Crippen molar-refractivity contribution in [2.75, 3.05) is 17.4 Å². The molecule has 0 aromatic heterocycles. The maximum absolute atomic E-state index is 13.9. The Hall–Kier alpha value is -2.49. The smallest absolute Gasteiger partial charge is 0.264 e. The van der Waals surface area contributed by atoms with Crippen LogP contribution in [-0.4, -0.2) is 44.3 Å². The van der Waals surface area contributed by atoms with Gasteiger partial charge in [-0.25, -0.2) is 8.42 Å². The highest BCUT2D eigenvalue weighted by Crippen LogP contribution is 2.33. The number of halogens is 4. The standard InChI is InChI=1S/C27H27Cl4N3O4S/c1-3-13-32-27(36)18(2)33(16-19-9-11-22(29)24(31)14-19)26(35)17-34(25-15-20(28)10-12-23(25)30)39(37,38)21-7-5-4-6-8-21/h4-12,14-15,18H,3,13,16-17H2,1-2H3,(H,32,36)/t18-/m0/s1. The van der Waals surface area contributed by atoms with Crippen LogP contribution in [0, 0.1) is 0 Å². The first kappa shape index (κ1) is 31.0. The summed E-state index contributed by atoms with van der Waals surface area (Å²) in [5.41, 5.74) is 0.630. The Labute approximate surface area is 248 Å². The molecular formula is C27H27Cl4N3O4S. The summed E-state index contributed by atoms with van der Waals surface area (Å²) in [6, 6.07) is 15.9. The molecule has 0 aliphatic heterocycles. The Bertz CT molecular complexity index is 1440. The van der Waals surface area contributed by atoms with E-state index < -0.39 is 28.5 Å². The van der Waals surface area contributed by atoms with Gasteiger partial charge < -0.3 is 10.2 Å². The summed E-state index contributed by atoms with van der Waals surface area (Å²) in [5, 5.41) is 3.71. The highest BCUT2D eigenvalue weighted by atomic mass is 35.5. The number of benzene rings is 3. The van der Waals surface area contributed by atoms with Crippen LogP contribution in [0.3, 0.4) is 0 Å². The van der Waals surface area contributed by atoms with Crippen LogP contribution in [-0.2, 0) is 26.2 Å². The first-order valence-electron chi connectivity index (χ1n) is 12.0. The molecule has 0 aliphatic rings. The fraction of sp³-hybridized carbons (Fsp3) is 0.259. The second kappa shape index (κ2) is 13.7. The van der Waals surface area contributed by atoms with Crippen LogP contribution in [0.2, 0.25) is 20.1 Å². The van der Waals surface area contributed by atoms with Crippen molar-refractivity contribution in [3.8, 4) is 0 Å². The van der Waals surface area contributed by atoms with Gasteiger partial charge in [0.25, 0.3) is 10.0 Å². The van der Waals surface area contributed by atoms with E-state index in [9.17, 15) is 18.0 Å². The number of sulfonamides is 1. The van der Waals surface area contributed by atoms with Crippen LogP contribution in [0.15, 0.2) is 71.6 Å². The second-order valence-electron chi connectivity index (χ2n) is 8.66. The van der Waals surface area contributed by atoms with Crippen LogP contribution in [0.4, 0.5) is 5.69 Å². The molecule has 0 saturated carbocycles. The van der Waals surface area contributed by atoms with E-state index in [0.717, 1.165) is 4.31 Å². The topological polar surface area (TPSA) is 86.8 Å². The van der Waals surface area contributed by atoms with Crippen molar-refractivity contribution in [2.45, 2.75) is 37.8 Å². The number of rotatable bonds is 11. The molecule has 12 heteroatoms. The lowest BCUT2D eigenvalue weighted by atomic mass is 10.1. The van der Waals surface area contributed by atoms with E-state index >= 15 is 0 Å². The number of nitrogens with zero attached hydrogens (tertiary/aromatic N) is 2. The fourth-order valence-electron chi connectivity index (χ4n) is 3.72. The van der Waals surface area contributed by atoms with Gasteiger partial charge in [-0.05, 0) is 61.4 Å². The third-order valence-electron chi connectivity index (χ3n) is 5.84. The molecule has 2 amide bonds. The maximum atomic E-state index is 13.9. The van der Waals surface area contributed by atoms with E-state index in [1.54, 1.807) is 43.3 Å². The Morgan fingerprint density at radius 1 is 0.897 bits per heavy atom. The Morgan fingerprint density at radius 3 is 2.21 bits per heavy atom. The predicted molar refractivity (Wildman–Crippen MR) is 157 cm³/mol. The minimum absolute atomic E-state index is 0.0268. The maximum Gasteiger partial charge on any atom is 0.264 e. The summed E-state index contributed by atoms with van der Waals surface area (Å²) < 4.78 is 28.5. The largest absolute Gasteiger partial charge is 0.354 e. The predicted octanol–water partition coefficient (Wildman–Crippen LogP) is 6.44. The Balaban J connectivity index is 2.06. The highest BCUT2D eigenvalue weighted by molar-refractivity contribution is 7.92. The number of anilines is 1.